The first-order valence-corrected chi connectivity index (χ1v) is 9.31. The molecular weight excluding hydrogens is 344 g/mol. The van der Waals surface area contributed by atoms with Crippen LogP contribution >= 0.6 is 22.9 Å². The average Bonchev–Trinajstić information content (AvgIpc) is 2.94. The smallest absolute Gasteiger partial charge is 0.227 e. The third-order valence-electron chi connectivity index (χ3n) is 4.12. The maximum absolute atomic E-state index is 6.16. The first-order chi connectivity index (χ1) is 11.8. The van der Waals surface area contributed by atoms with Crippen LogP contribution in [-0.2, 0) is 0 Å². The Kier molecular flexibility index (Phi) is 4.44. The van der Waals surface area contributed by atoms with Crippen LogP contribution in [0.3, 0.4) is 0 Å². The summed E-state index contributed by atoms with van der Waals surface area (Å²) in [5, 5.41) is 13.4. The molecule has 3 heterocycles. The Balaban J connectivity index is 1.79. The lowest BCUT2D eigenvalue weighted by molar-refractivity contribution is 0.726. The van der Waals surface area contributed by atoms with E-state index in [0.717, 1.165) is 35.8 Å². The largest absolute Gasteiger partial charge is 0.341 e. The molecule has 3 aromatic rings. The minimum atomic E-state index is 0.661. The van der Waals surface area contributed by atoms with Gasteiger partial charge in [0, 0.05) is 23.5 Å². The van der Waals surface area contributed by atoms with E-state index in [2.05, 4.69) is 20.4 Å². The number of rotatable bonds is 3. The second-order valence-electron chi connectivity index (χ2n) is 5.80. The fourth-order valence-corrected chi connectivity index (χ4v) is 3.54. The molecule has 0 unspecified atom stereocenters. The van der Waals surface area contributed by atoms with Crippen LogP contribution < -0.4 is 10.2 Å². The second kappa shape index (κ2) is 6.86. The number of nitrogens with zero attached hydrogens (tertiary/aromatic N) is 5. The van der Waals surface area contributed by atoms with Gasteiger partial charge in [0.1, 0.15) is 11.3 Å². The van der Waals surface area contributed by atoms with Crippen molar-refractivity contribution in [3.05, 3.63) is 28.7 Å². The molecule has 0 atom stereocenters. The molecule has 0 spiro atoms. The molecule has 1 N–H and O–H groups in total. The molecule has 0 amide bonds. The highest BCUT2D eigenvalue weighted by Crippen LogP contribution is 2.29. The van der Waals surface area contributed by atoms with Gasteiger partial charge < -0.3 is 10.2 Å². The van der Waals surface area contributed by atoms with Crippen molar-refractivity contribution in [3.63, 3.8) is 0 Å². The molecule has 0 aliphatic carbocycles. The van der Waals surface area contributed by atoms with E-state index in [1.54, 1.807) is 5.51 Å². The number of fused-ring (bicyclic) bond motifs is 1. The lowest BCUT2D eigenvalue weighted by Gasteiger charge is -2.21. The van der Waals surface area contributed by atoms with Crippen LogP contribution in [0, 0.1) is 0 Å². The zero-order valence-corrected chi connectivity index (χ0v) is 14.6. The maximum Gasteiger partial charge on any atom is 0.227 e. The Morgan fingerprint density at radius 1 is 1.08 bits per heavy atom. The summed E-state index contributed by atoms with van der Waals surface area (Å²) in [6, 6.07) is 5.68. The Hall–Kier alpha value is -1.99. The average molecular weight is 361 g/mol. The van der Waals surface area contributed by atoms with Gasteiger partial charge in [-0.3, -0.25) is 0 Å². The Morgan fingerprint density at radius 3 is 2.67 bits per heavy atom. The maximum atomic E-state index is 6.16. The van der Waals surface area contributed by atoms with Crippen molar-refractivity contribution < 1.29 is 0 Å². The van der Waals surface area contributed by atoms with Crippen molar-refractivity contribution in [3.8, 4) is 0 Å². The topological polar surface area (TPSA) is 66.8 Å². The van der Waals surface area contributed by atoms with E-state index in [1.807, 2.05) is 18.2 Å². The second-order valence-corrected chi connectivity index (χ2v) is 7.07. The Bertz CT molecular complexity index is 830. The van der Waals surface area contributed by atoms with Gasteiger partial charge in [-0.05, 0) is 31.0 Å². The lowest BCUT2D eigenvalue weighted by atomic mass is 10.2. The molecule has 24 heavy (non-hydrogen) atoms. The summed E-state index contributed by atoms with van der Waals surface area (Å²) in [5.41, 5.74) is 2.56. The van der Waals surface area contributed by atoms with E-state index < -0.39 is 0 Å². The van der Waals surface area contributed by atoms with Gasteiger partial charge >= 0.3 is 0 Å². The predicted octanol–water partition coefficient (Wildman–Crippen LogP) is 4.26. The molecule has 8 heteroatoms. The van der Waals surface area contributed by atoms with Crippen LogP contribution in [-0.4, -0.2) is 33.3 Å². The van der Waals surface area contributed by atoms with Crippen LogP contribution in [0.1, 0.15) is 25.7 Å². The number of anilines is 3. The minimum absolute atomic E-state index is 0.661. The monoisotopic (exact) mass is 360 g/mol. The minimum Gasteiger partial charge on any atom is -0.341 e. The highest BCUT2D eigenvalue weighted by molar-refractivity contribution is 7.13. The summed E-state index contributed by atoms with van der Waals surface area (Å²) in [7, 11) is 0. The Labute approximate surface area is 148 Å². The van der Waals surface area contributed by atoms with Crippen molar-refractivity contribution in [1.29, 1.82) is 0 Å². The van der Waals surface area contributed by atoms with Gasteiger partial charge in [-0.1, -0.05) is 35.8 Å². The van der Waals surface area contributed by atoms with E-state index in [9.17, 15) is 0 Å². The van der Waals surface area contributed by atoms with E-state index in [4.69, 9.17) is 21.6 Å². The van der Waals surface area contributed by atoms with Gasteiger partial charge in [0.25, 0.3) is 0 Å². The summed E-state index contributed by atoms with van der Waals surface area (Å²) in [6.07, 6.45) is 4.91. The Morgan fingerprint density at radius 2 is 1.92 bits per heavy atom. The molecule has 0 radical (unpaired) electrons. The number of hydrogen-bond acceptors (Lipinski definition) is 7. The third kappa shape index (κ3) is 3.27. The van der Waals surface area contributed by atoms with Crippen LogP contribution in [0.5, 0.6) is 0 Å². The van der Waals surface area contributed by atoms with E-state index >= 15 is 0 Å². The summed E-state index contributed by atoms with van der Waals surface area (Å²) in [4.78, 5) is 11.8. The van der Waals surface area contributed by atoms with Gasteiger partial charge in [0.05, 0.1) is 5.52 Å². The van der Waals surface area contributed by atoms with Gasteiger partial charge in [-0.25, -0.2) is 4.98 Å². The van der Waals surface area contributed by atoms with E-state index in [1.165, 1.54) is 37.0 Å². The predicted molar refractivity (Wildman–Crippen MR) is 98.4 cm³/mol. The van der Waals surface area contributed by atoms with Crippen LogP contribution in [0.4, 0.5) is 16.9 Å². The normalized spacial score (nSPS) is 15.5. The molecule has 4 rings (SSSR count). The molecule has 1 aliphatic heterocycles. The molecule has 1 aromatic carbocycles. The molecule has 0 saturated carbocycles. The molecule has 1 aliphatic rings. The van der Waals surface area contributed by atoms with E-state index in [0.29, 0.717) is 10.2 Å². The van der Waals surface area contributed by atoms with Gasteiger partial charge in [-0.15, -0.1) is 10.2 Å². The first-order valence-electron chi connectivity index (χ1n) is 8.05. The van der Waals surface area contributed by atoms with Crippen molar-refractivity contribution in [2.75, 3.05) is 23.3 Å². The van der Waals surface area contributed by atoms with Gasteiger partial charge in [-0.2, -0.15) is 4.98 Å². The van der Waals surface area contributed by atoms with Crippen molar-refractivity contribution in [1.82, 2.24) is 20.2 Å². The van der Waals surface area contributed by atoms with Crippen molar-refractivity contribution in [2.24, 2.45) is 0 Å². The number of nitrogens with one attached hydrogen (secondary N) is 1. The summed E-state index contributed by atoms with van der Waals surface area (Å²) in [6.45, 7) is 1.99. The summed E-state index contributed by atoms with van der Waals surface area (Å²) >= 11 is 7.60. The molecule has 124 valence electrons. The van der Waals surface area contributed by atoms with Crippen LogP contribution in [0.15, 0.2) is 23.7 Å². The number of benzene rings is 1. The van der Waals surface area contributed by atoms with Crippen molar-refractivity contribution >= 4 is 50.7 Å². The SMILES string of the molecule is Clc1ccc2nc(N3CCCCCC3)nc(Nc3nncs3)c2c1. The summed E-state index contributed by atoms with van der Waals surface area (Å²) < 4.78 is 0. The number of hydrogen-bond donors (Lipinski definition) is 1. The molecule has 1 saturated heterocycles. The summed E-state index contributed by atoms with van der Waals surface area (Å²) in [5.74, 6) is 1.48. The highest BCUT2D eigenvalue weighted by Gasteiger charge is 2.16. The van der Waals surface area contributed by atoms with Gasteiger partial charge in [0.15, 0.2) is 0 Å². The molecule has 1 fully saturated rings. The fourth-order valence-electron chi connectivity index (χ4n) is 2.92. The molecule has 6 nitrogen and oxygen atoms in total. The van der Waals surface area contributed by atoms with E-state index in [-0.39, 0.29) is 0 Å². The van der Waals surface area contributed by atoms with Crippen molar-refractivity contribution in [2.45, 2.75) is 25.7 Å². The quantitative estimate of drug-likeness (QED) is 0.752. The molecule has 2 aromatic heterocycles. The first kappa shape index (κ1) is 15.5. The van der Waals surface area contributed by atoms with Crippen LogP contribution in [0.2, 0.25) is 5.02 Å². The zero-order valence-electron chi connectivity index (χ0n) is 13.1. The number of halogens is 1. The van der Waals surface area contributed by atoms with Gasteiger partial charge in [0.2, 0.25) is 11.1 Å². The highest BCUT2D eigenvalue weighted by atomic mass is 35.5. The zero-order chi connectivity index (χ0) is 16.4. The fraction of sp³-hybridized carbons (Fsp3) is 0.375. The standard InChI is InChI=1S/C16H17ClN6S/c17-11-5-6-13-12(9-11)14(21-16-22-18-10-24-16)20-15(19-13)23-7-3-1-2-4-8-23/h5-6,9-10H,1-4,7-8H2,(H,19,20,21,22). The number of aromatic nitrogens is 4. The lowest BCUT2D eigenvalue weighted by Crippen LogP contribution is -2.26. The third-order valence-corrected chi connectivity index (χ3v) is 4.96. The van der Waals surface area contributed by atoms with Crippen LogP contribution in [0.25, 0.3) is 10.9 Å². The molecular formula is C16H17ClN6S. The molecule has 0 bridgehead atoms.